The quantitative estimate of drug-likeness (QED) is 0.0631. The standard InChI is InChI=1S/2C19H12N.C5H8O2.2Ir/c2*1-2-7-15(8-3-1)19-18-11-10-14-6-4-5-9-16(14)17(18)12-13-20-19;1-4(6)3-5(2)7;;/h2*1-7,9-13H;3,6H,1-2H3;;/q2*-1;;;/p+1. The molecule has 6 aromatic carbocycles. The zero-order chi connectivity index (χ0) is 32.6. The van der Waals surface area contributed by atoms with Crippen LogP contribution in [0.15, 0.2) is 158 Å². The first-order chi connectivity index (χ1) is 23.0. The maximum Gasteiger partial charge on any atom is 0.316 e. The summed E-state index contributed by atoms with van der Waals surface area (Å²) in [4.78, 5) is 17.5. The molecule has 0 aliphatic rings. The van der Waals surface area contributed by atoms with Crippen molar-refractivity contribution >= 4 is 48.9 Å². The summed E-state index contributed by atoms with van der Waals surface area (Å²) in [5, 5.41) is 18.3. The van der Waals surface area contributed by atoms with Crippen LogP contribution in [0.3, 0.4) is 0 Å². The van der Waals surface area contributed by atoms with Gasteiger partial charge in [0.05, 0.1) is 18.8 Å². The Morgan fingerprint density at radius 1 is 0.531 bits per heavy atom. The van der Waals surface area contributed by atoms with Crippen LogP contribution in [-0.4, -0.2) is 25.7 Å². The molecular formula is C43H33Ir2N2O2-. The van der Waals surface area contributed by atoms with Gasteiger partial charge < -0.3 is 15.1 Å². The van der Waals surface area contributed by atoms with Gasteiger partial charge in [0, 0.05) is 52.6 Å². The van der Waals surface area contributed by atoms with E-state index in [0.29, 0.717) is 0 Å². The van der Waals surface area contributed by atoms with Gasteiger partial charge in [0.25, 0.3) is 0 Å². The molecule has 0 aliphatic carbocycles. The van der Waals surface area contributed by atoms with E-state index in [0.717, 1.165) is 22.5 Å². The molecule has 0 amide bonds. The van der Waals surface area contributed by atoms with Crippen molar-refractivity contribution in [1.82, 2.24) is 9.97 Å². The molecular weight excluding hydrogens is 961 g/mol. The first kappa shape index (κ1) is 37.0. The number of hydrogen-bond donors (Lipinski definition) is 1. The summed E-state index contributed by atoms with van der Waals surface area (Å²) >= 11 is 0. The second-order valence-corrected chi connectivity index (χ2v) is 11.1. The van der Waals surface area contributed by atoms with E-state index in [1.807, 2.05) is 48.8 Å². The maximum absolute atomic E-state index is 8.40. The van der Waals surface area contributed by atoms with Crippen LogP contribution >= 0.6 is 0 Å². The first-order valence-corrected chi connectivity index (χ1v) is 15.4. The number of hydrogen-bond acceptors (Lipinski definition) is 3. The molecule has 0 saturated heterocycles. The number of nitrogens with zero attached hydrogens (tertiary/aromatic N) is 2. The third kappa shape index (κ3) is 8.80. The van der Waals surface area contributed by atoms with Gasteiger partial charge in [-0.15, -0.1) is 71.8 Å². The van der Waals surface area contributed by atoms with Crippen LogP contribution in [0.25, 0.3) is 65.6 Å². The Balaban J connectivity index is 0.000000180. The van der Waals surface area contributed by atoms with Crippen LogP contribution in [0, 0.1) is 12.1 Å². The summed E-state index contributed by atoms with van der Waals surface area (Å²) < 4.78 is 0. The fraction of sp³-hybridized carbons (Fsp3) is 0.0465. The number of aliphatic hydroxyl groups is 1. The molecule has 0 bridgehead atoms. The molecule has 0 atom stereocenters. The largest absolute Gasteiger partial charge is 0.512 e. The van der Waals surface area contributed by atoms with Crippen LogP contribution in [0.1, 0.15) is 13.8 Å². The number of aromatic nitrogens is 2. The van der Waals surface area contributed by atoms with Crippen molar-refractivity contribution in [3.63, 3.8) is 0 Å². The Hall–Kier alpha value is -4.83. The minimum absolute atomic E-state index is 0. The minimum atomic E-state index is 0. The van der Waals surface area contributed by atoms with Gasteiger partial charge in [0.2, 0.25) is 0 Å². The number of allylic oxidation sites excluding steroid dienone is 2. The third-order valence-corrected chi connectivity index (χ3v) is 7.69. The van der Waals surface area contributed by atoms with E-state index in [1.54, 1.807) is 0 Å². The van der Waals surface area contributed by atoms with E-state index >= 15 is 0 Å². The number of carbonyl (C=O) groups excluding carboxylic acids is 1. The maximum atomic E-state index is 8.40. The molecule has 0 saturated carbocycles. The van der Waals surface area contributed by atoms with Crippen molar-refractivity contribution in [3.8, 4) is 22.5 Å². The SMILES string of the molecule is CC(=[OH+])C=C(C)O.[Ir].[Ir].[c-]1ccccc1-c1nccc2c1ccc1ccccc12.[c-]1ccccc1-c1nccc2c1ccc1ccccc12. The van der Waals surface area contributed by atoms with Gasteiger partial charge in [0.1, 0.15) is 0 Å². The Morgan fingerprint density at radius 3 is 1.33 bits per heavy atom. The molecule has 49 heavy (non-hydrogen) atoms. The van der Waals surface area contributed by atoms with Gasteiger partial charge in [-0.05, 0) is 73.5 Å². The van der Waals surface area contributed by atoms with Crippen LogP contribution in [0.5, 0.6) is 0 Å². The van der Waals surface area contributed by atoms with Gasteiger partial charge in [-0.2, -0.15) is 0 Å². The summed E-state index contributed by atoms with van der Waals surface area (Å²) in [5.74, 6) is 0.250. The molecule has 2 aromatic heterocycles. The van der Waals surface area contributed by atoms with E-state index in [9.17, 15) is 0 Å². The monoisotopic (exact) mass is 995 g/mol. The summed E-state index contributed by atoms with van der Waals surface area (Å²) in [5.41, 5.74) is 4.06. The van der Waals surface area contributed by atoms with Gasteiger partial charge in [-0.1, -0.05) is 72.8 Å². The molecule has 4 nitrogen and oxygen atoms in total. The smallest absolute Gasteiger partial charge is 0.316 e. The average Bonchev–Trinajstić information content (AvgIpc) is 3.11. The van der Waals surface area contributed by atoms with Crippen molar-refractivity contribution in [1.29, 1.82) is 0 Å². The van der Waals surface area contributed by atoms with E-state index < -0.39 is 0 Å². The van der Waals surface area contributed by atoms with Crippen molar-refractivity contribution in [2.75, 3.05) is 0 Å². The normalized spacial score (nSPS) is 10.6. The Bertz CT molecular complexity index is 2200. The molecule has 0 fully saturated rings. The number of ketones is 1. The van der Waals surface area contributed by atoms with Crippen molar-refractivity contribution in [2.45, 2.75) is 13.8 Å². The predicted molar refractivity (Wildman–Crippen MR) is 196 cm³/mol. The topological polar surface area (TPSA) is 67.4 Å². The molecule has 0 aliphatic heterocycles. The summed E-state index contributed by atoms with van der Waals surface area (Å²) in [7, 11) is 0. The summed E-state index contributed by atoms with van der Waals surface area (Å²) in [6.45, 7) is 3.00. The minimum Gasteiger partial charge on any atom is -0.512 e. The third-order valence-electron chi connectivity index (χ3n) is 7.69. The van der Waals surface area contributed by atoms with Gasteiger partial charge in [-0.3, -0.25) is 4.79 Å². The second kappa shape index (κ2) is 17.5. The molecule has 8 rings (SSSR count). The first-order valence-electron chi connectivity index (χ1n) is 15.4. The van der Waals surface area contributed by atoms with Crippen molar-refractivity contribution in [3.05, 3.63) is 170 Å². The zero-order valence-electron chi connectivity index (χ0n) is 26.9. The predicted octanol–water partition coefficient (Wildman–Crippen LogP) is 10.7. The number of pyridine rings is 2. The Kier molecular flexibility index (Phi) is 13.2. The van der Waals surface area contributed by atoms with E-state index in [2.05, 4.69) is 119 Å². The van der Waals surface area contributed by atoms with E-state index in [-0.39, 0.29) is 51.8 Å². The van der Waals surface area contributed by atoms with Crippen molar-refractivity contribution in [2.24, 2.45) is 0 Å². The van der Waals surface area contributed by atoms with Crippen LogP contribution < -0.4 is 0 Å². The van der Waals surface area contributed by atoms with Gasteiger partial charge >= 0.3 is 5.78 Å². The second-order valence-electron chi connectivity index (χ2n) is 11.1. The number of fused-ring (bicyclic) bond motifs is 6. The number of aliphatic hydroxyl groups excluding tert-OH is 1. The fourth-order valence-electron chi connectivity index (χ4n) is 5.69. The van der Waals surface area contributed by atoms with Crippen molar-refractivity contribution < 1.29 is 50.1 Å². The average molecular weight is 994 g/mol. The number of benzene rings is 6. The molecule has 0 unspecified atom stereocenters. The van der Waals surface area contributed by atoms with E-state index in [4.69, 9.17) is 9.90 Å². The summed E-state index contributed by atoms with van der Waals surface area (Å²) in [6, 6.07) is 52.2. The van der Waals surface area contributed by atoms with Crippen LogP contribution in [-0.2, 0) is 40.2 Å². The number of rotatable bonds is 3. The molecule has 246 valence electrons. The van der Waals surface area contributed by atoms with Crippen LogP contribution in [0.4, 0.5) is 0 Å². The molecule has 0 spiro atoms. The molecule has 2 heterocycles. The Morgan fingerprint density at radius 2 is 0.959 bits per heavy atom. The molecule has 2 radical (unpaired) electrons. The Labute approximate surface area is 313 Å². The molecule has 2 N–H and O–H groups in total. The molecule has 6 heteroatoms. The van der Waals surface area contributed by atoms with Crippen LogP contribution in [0.2, 0.25) is 0 Å². The van der Waals surface area contributed by atoms with Gasteiger partial charge in [0.15, 0.2) is 0 Å². The molecule has 8 aromatic rings. The van der Waals surface area contributed by atoms with Gasteiger partial charge in [-0.25, -0.2) is 0 Å². The fourth-order valence-corrected chi connectivity index (χ4v) is 5.69. The van der Waals surface area contributed by atoms with E-state index in [1.165, 1.54) is 63.0 Å². The zero-order valence-corrected chi connectivity index (χ0v) is 31.7. The summed E-state index contributed by atoms with van der Waals surface area (Å²) in [6.07, 6.45) is 5.04.